The molecule has 1 aliphatic carbocycles. The second kappa shape index (κ2) is 15.7. The summed E-state index contributed by atoms with van der Waals surface area (Å²) in [7, 11) is 0. The van der Waals surface area contributed by atoms with Gasteiger partial charge < -0.3 is 14.6 Å². The molecule has 0 aromatic heterocycles. The van der Waals surface area contributed by atoms with Gasteiger partial charge in [0.2, 0.25) is 0 Å². The second-order valence-electron chi connectivity index (χ2n) is 9.73. The van der Waals surface area contributed by atoms with Crippen molar-refractivity contribution < 1.29 is 24.2 Å². The van der Waals surface area contributed by atoms with Crippen molar-refractivity contribution in [3.63, 3.8) is 0 Å². The average molecular weight is 483 g/mol. The lowest BCUT2D eigenvalue weighted by atomic mass is 9.90. The van der Waals surface area contributed by atoms with E-state index in [0.717, 1.165) is 64.4 Å². The molecule has 2 rings (SSSR count). The van der Waals surface area contributed by atoms with Gasteiger partial charge in [0.25, 0.3) is 0 Å². The lowest BCUT2D eigenvalue weighted by Gasteiger charge is -2.29. The quantitative estimate of drug-likeness (QED) is 0.122. The predicted molar refractivity (Wildman–Crippen MR) is 132 cm³/mol. The fraction of sp³-hybridized carbons (Fsp3) is 0.778. The van der Waals surface area contributed by atoms with Crippen LogP contribution in [0.5, 0.6) is 0 Å². The predicted octanol–water partition coefficient (Wildman–Crippen LogP) is 6.68. The number of carboxylic acid groups (broad SMARTS) is 1. The maximum Gasteiger partial charge on any atom is 0.303 e. The van der Waals surface area contributed by atoms with Crippen LogP contribution in [0.3, 0.4) is 0 Å². The number of halogens is 1. The van der Waals surface area contributed by atoms with Crippen molar-refractivity contribution >= 4 is 23.4 Å². The Hall–Kier alpha value is -1.17. The highest BCUT2D eigenvalue weighted by atomic mass is 35.5. The summed E-state index contributed by atoms with van der Waals surface area (Å²) in [6.07, 6.45) is 17.9. The van der Waals surface area contributed by atoms with E-state index in [-0.39, 0.29) is 41.8 Å². The molecule has 1 N–H and O–H groups in total. The molecule has 2 fully saturated rings. The van der Waals surface area contributed by atoms with Crippen LogP contribution in [-0.2, 0) is 19.1 Å². The van der Waals surface area contributed by atoms with E-state index in [2.05, 4.69) is 19.9 Å². The Balaban J connectivity index is 1.99. The minimum atomic E-state index is -0.760. The Morgan fingerprint density at radius 3 is 2.76 bits per heavy atom. The highest BCUT2D eigenvalue weighted by molar-refractivity contribution is 6.21. The molecule has 0 aromatic rings. The normalized spacial score (nSPS) is 29.1. The Labute approximate surface area is 204 Å². The van der Waals surface area contributed by atoms with E-state index < -0.39 is 5.97 Å². The molecule has 0 aromatic carbocycles. The molecular weight excluding hydrogens is 440 g/mol. The summed E-state index contributed by atoms with van der Waals surface area (Å²) in [6, 6.07) is 0. The largest absolute Gasteiger partial charge is 0.481 e. The number of allylic oxidation sites excluding steroid dienone is 3. The number of hydrogen-bond donors (Lipinski definition) is 1. The maximum absolute atomic E-state index is 12.6. The molecular formula is C27H43ClO5. The summed E-state index contributed by atoms with van der Waals surface area (Å²) in [5.41, 5.74) is 0. The SMILES string of the molecule is CCCC[C@H](C)CC(=O)/C=C/[C@@H]1[C@@H](C/C=C\CCCC(=O)O)[C@H](Cl)C[C@H]1OC1CCCCO1. The summed E-state index contributed by atoms with van der Waals surface area (Å²) in [5, 5.41) is 8.74. The van der Waals surface area contributed by atoms with Gasteiger partial charge >= 0.3 is 5.97 Å². The van der Waals surface area contributed by atoms with E-state index in [0.29, 0.717) is 18.8 Å². The van der Waals surface area contributed by atoms with Crippen molar-refractivity contribution in [1.29, 1.82) is 0 Å². The molecule has 5 nitrogen and oxygen atoms in total. The molecule has 1 saturated carbocycles. The summed E-state index contributed by atoms with van der Waals surface area (Å²) in [5.74, 6) is 0.0592. The summed E-state index contributed by atoms with van der Waals surface area (Å²) in [6.45, 7) is 5.06. The number of carbonyl (C=O) groups excluding carboxylic acids is 1. The topological polar surface area (TPSA) is 72.8 Å². The molecule has 2 aliphatic rings. The molecule has 6 heteroatoms. The summed E-state index contributed by atoms with van der Waals surface area (Å²) < 4.78 is 12.1. The smallest absolute Gasteiger partial charge is 0.303 e. The van der Waals surface area contributed by atoms with Gasteiger partial charge in [-0.3, -0.25) is 9.59 Å². The maximum atomic E-state index is 12.6. The molecule has 1 unspecified atom stereocenters. The first kappa shape index (κ1) is 28.1. The Bertz CT molecular complexity index is 640. The number of unbranched alkanes of at least 4 members (excludes halogenated alkanes) is 2. The molecule has 0 amide bonds. The highest BCUT2D eigenvalue weighted by Gasteiger charge is 2.42. The zero-order chi connectivity index (χ0) is 24.1. The number of carboxylic acids is 1. The standard InChI is InChI=1S/C27H43ClO5/c1-3-4-11-20(2)18-21(29)15-16-23-22(12-7-5-6-8-13-26(30)31)24(28)19-25(23)33-27-14-9-10-17-32-27/h5,7,15-16,20,22-25,27H,3-4,6,8-14,17-19H2,1-2H3,(H,30,31)/b7-5-,16-15+/t20-,22+,23+,24+,25+,27?/m0/s1. The first-order chi connectivity index (χ1) is 15.9. The molecule has 0 radical (unpaired) electrons. The van der Waals surface area contributed by atoms with Gasteiger partial charge in [0, 0.05) is 30.7 Å². The van der Waals surface area contributed by atoms with Crippen LogP contribution in [0.4, 0.5) is 0 Å². The number of ether oxygens (including phenoxy) is 2. The van der Waals surface area contributed by atoms with Crippen LogP contribution >= 0.6 is 11.6 Å². The van der Waals surface area contributed by atoms with Crippen LogP contribution in [0, 0.1) is 17.8 Å². The second-order valence-corrected chi connectivity index (χ2v) is 10.3. The third kappa shape index (κ3) is 10.7. The fourth-order valence-corrected chi connectivity index (χ4v) is 5.28. The van der Waals surface area contributed by atoms with Crippen LogP contribution in [0.1, 0.15) is 90.9 Å². The molecule has 1 saturated heterocycles. The zero-order valence-corrected chi connectivity index (χ0v) is 21.2. The van der Waals surface area contributed by atoms with Crippen molar-refractivity contribution in [3.05, 3.63) is 24.3 Å². The highest BCUT2D eigenvalue weighted by Crippen LogP contribution is 2.42. The van der Waals surface area contributed by atoms with E-state index in [1.165, 1.54) is 0 Å². The van der Waals surface area contributed by atoms with Crippen molar-refractivity contribution in [2.75, 3.05) is 6.61 Å². The van der Waals surface area contributed by atoms with E-state index in [1.807, 2.05) is 12.2 Å². The Morgan fingerprint density at radius 2 is 2.06 bits per heavy atom. The van der Waals surface area contributed by atoms with Gasteiger partial charge in [-0.2, -0.15) is 0 Å². The van der Waals surface area contributed by atoms with Crippen LogP contribution in [-0.4, -0.2) is 41.2 Å². The first-order valence-corrected chi connectivity index (χ1v) is 13.3. The average Bonchev–Trinajstić information content (AvgIpc) is 3.07. The van der Waals surface area contributed by atoms with Gasteiger partial charge in [-0.25, -0.2) is 0 Å². The zero-order valence-electron chi connectivity index (χ0n) is 20.4. The van der Waals surface area contributed by atoms with E-state index in [1.54, 1.807) is 6.08 Å². The molecule has 188 valence electrons. The molecule has 0 spiro atoms. The number of carbonyl (C=O) groups is 2. The van der Waals surface area contributed by atoms with E-state index in [9.17, 15) is 9.59 Å². The lowest BCUT2D eigenvalue weighted by Crippen LogP contribution is -2.30. The monoisotopic (exact) mass is 482 g/mol. The molecule has 6 atom stereocenters. The van der Waals surface area contributed by atoms with E-state index in [4.69, 9.17) is 26.2 Å². The van der Waals surface area contributed by atoms with Crippen molar-refractivity contribution in [2.24, 2.45) is 17.8 Å². The van der Waals surface area contributed by atoms with E-state index >= 15 is 0 Å². The van der Waals surface area contributed by atoms with Crippen LogP contribution in [0.15, 0.2) is 24.3 Å². The number of rotatable bonds is 15. The van der Waals surface area contributed by atoms with Gasteiger partial charge in [-0.15, -0.1) is 11.6 Å². The van der Waals surface area contributed by atoms with Crippen molar-refractivity contribution in [2.45, 2.75) is 109 Å². The van der Waals surface area contributed by atoms with Crippen molar-refractivity contribution in [3.8, 4) is 0 Å². The summed E-state index contributed by atoms with van der Waals surface area (Å²) in [4.78, 5) is 23.3. The van der Waals surface area contributed by atoms with Crippen LogP contribution in [0.2, 0.25) is 0 Å². The molecule has 0 bridgehead atoms. The van der Waals surface area contributed by atoms with Gasteiger partial charge in [0.15, 0.2) is 12.1 Å². The van der Waals surface area contributed by atoms with Gasteiger partial charge in [-0.05, 0) is 62.9 Å². The molecule has 33 heavy (non-hydrogen) atoms. The fourth-order valence-electron chi connectivity index (χ4n) is 4.83. The number of aliphatic carboxylic acids is 1. The summed E-state index contributed by atoms with van der Waals surface area (Å²) >= 11 is 6.77. The number of ketones is 1. The minimum Gasteiger partial charge on any atom is -0.481 e. The third-order valence-corrected chi connectivity index (χ3v) is 7.25. The van der Waals surface area contributed by atoms with Crippen molar-refractivity contribution in [1.82, 2.24) is 0 Å². The molecule has 1 aliphatic heterocycles. The molecule has 1 heterocycles. The van der Waals surface area contributed by atoms with Gasteiger partial charge in [0.1, 0.15) is 0 Å². The third-order valence-electron chi connectivity index (χ3n) is 6.75. The van der Waals surface area contributed by atoms with Gasteiger partial charge in [-0.1, -0.05) is 51.3 Å². The van der Waals surface area contributed by atoms with Crippen LogP contribution < -0.4 is 0 Å². The van der Waals surface area contributed by atoms with Gasteiger partial charge in [0.05, 0.1) is 6.10 Å². The lowest BCUT2D eigenvalue weighted by molar-refractivity contribution is -0.192. The number of hydrogen-bond acceptors (Lipinski definition) is 4. The number of alkyl halides is 1. The Morgan fingerprint density at radius 1 is 1.24 bits per heavy atom. The van der Waals surface area contributed by atoms with Crippen LogP contribution in [0.25, 0.3) is 0 Å². The Kier molecular flexibility index (Phi) is 13.3. The minimum absolute atomic E-state index is 0.0320. The first-order valence-electron chi connectivity index (χ1n) is 12.9.